The van der Waals surface area contributed by atoms with Gasteiger partial charge in [-0.2, -0.15) is 0 Å². The first-order chi connectivity index (χ1) is 4.74. The van der Waals surface area contributed by atoms with Crippen LogP contribution in [0.25, 0.3) is 0 Å². The molecule has 4 N–H and O–H groups in total. The van der Waals surface area contributed by atoms with E-state index in [0.717, 1.165) is 0 Å². The van der Waals surface area contributed by atoms with Crippen molar-refractivity contribution in [3.63, 3.8) is 0 Å². The van der Waals surface area contributed by atoms with Gasteiger partial charge in [0.05, 0.1) is 0 Å². The fourth-order valence-corrected chi connectivity index (χ4v) is 0.576. The maximum absolute atomic E-state index is 5.43. The summed E-state index contributed by atoms with van der Waals surface area (Å²) in [5.41, 5.74) is 11.4. The maximum atomic E-state index is 5.43. The van der Waals surface area contributed by atoms with Crippen LogP contribution in [0.1, 0.15) is 0 Å². The Balaban J connectivity index is 3.19. The molecule has 0 aromatic carbocycles. The van der Waals surface area contributed by atoms with Crippen LogP contribution >= 0.6 is 0 Å². The second-order valence-corrected chi connectivity index (χ2v) is 1.77. The van der Waals surface area contributed by atoms with E-state index in [1.807, 2.05) is 0 Å². The Labute approximate surface area is 59.9 Å². The van der Waals surface area contributed by atoms with Crippen molar-refractivity contribution < 1.29 is 0 Å². The van der Waals surface area contributed by atoms with Crippen LogP contribution in [0.5, 0.6) is 0 Å². The van der Waals surface area contributed by atoms with Crippen molar-refractivity contribution in [2.75, 3.05) is 11.5 Å². The van der Waals surface area contributed by atoms with Crippen LogP contribution in [0, 0.1) is 0 Å². The molecule has 0 bridgehead atoms. The summed E-state index contributed by atoms with van der Waals surface area (Å²) < 4.78 is 0. The molecule has 0 unspecified atom stereocenters. The Morgan fingerprint density at radius 1 is 1.50 bits per heavy atom. The summed E-state index contributed by atoms with van der Waals surface area (Å²) in [5.74, 6) is 0.547. The van der Waals surface area contributed by atoms with Crippen molar-refractivity contribution >= 4 is 31.4 Å². The third kappa shape index (κ3) is 1.21. The van der Waals surface area contributed by atoms with Crippen molar-refractivity contribution in [2.45, 2.75) is 0 Å². The molecule has 0 saturated carbocycles. The third-order valence-corrected chi connectivity index (χ3v) is 1.09. The van der Waals surface area contributed by atoms with Crippen LogP contribution in [0.3, 0.4) is 0 Å². The van der Waals surface area contributed by atoms with Crippen LogP contribution in [0.2, 0.25) is 0 Å². The van der Waals surface area contributed by atoms with E-state index in [9.17, 15) is 0 Å². The predicted octanol–water partition coefficient (Wildman–Crippen LogP) is -2.21. The van der Waals surface area contributed by atoms with E-state index in [0.29, 0.717) is 11.3 Å². The first-order valence-electron chi connectivity index (χ1n) is 2.74. The molecule has 0 atom stereocenters. The number of hydrogen-bond acceptors (Lipinski definition) is 4. The van der Waals surface area contributed by atoms with Crippen molar-refractivity contribution in [1.29, 1.82) is 0 Å². The first-order valence-corrected chi connectivity index (χ1v) is 2.74. The van der Waals surface area contributed by atoms with Gasteiger partial charge in [0.1, 0.15) is 0 Å². The van der Waals surface area contributed by atoms with Gasteiger partial charge in [-0.25, -0.2) is 0 Å². The summed E-state index contributed by atoms with van der Waals surface area (Å²) in [6, 6.07) is 0. The van der Waals surface area contributed by atoms with Gasteiger partial charge in [-0.15, -0.1) is 0 Å². The average molecular weight is 132 g/mol. The molecule has 1 aromatic heterocycles. The van der Waals surface area contributed by atoms with Gasteiger partial charge in [-0.1, -0.05) is 0 Å². The molecular formula is C4H6B2N4. The molecular weight excluding hydrogens is 126 g/mol. The molecule has 0 spiro atoms. The standard InChI is InChI=1S/C4H6B2N4/c5-6-2-1-9-4(8)10-3(2)7/h1,5H,(H4,7,8,9,10). The molecule has 0 amide bonds. The fraction of sp³-hybridized carbons (Fsp3) is 0. The molecule has 1 aromatic rings. The van der Waals surface area contributed by atoms with E-state index in [1.165, 1.54) is 6.20 Å². The Bertz CT molecular complexity index is 261. The van der Waals surface area contributed by atoms with Crippen LogP contribution in [0.4, 0.5) is 11.8 Å². The Hall–Kier alpha value is -1.19. The topological polar surface area (TPSA) is 77.8 Å². The van der Waals surface area contributed by atoms with Crippen molar-refractivity contribution in [1.82, 2.24) is 9.97 Å². The van der Waals surface area contributed by atoms with E-state index in [-0.39, 0.29) is 5.95 Å². The molecule has 0 saturated heterocycles. The van der Waals surface area contributed by atoms with Crippen molar-refractivity contribution in [2.24, 2.45) is 0 Å². The molecule has 0 radical (unpaired) electrons. The van der Waals surface area contributed by atoms with Gasteiger partial charge in [-0.05, 0) is 0 Å². The van der Waals surface area contributed by atoms with Crippen molar-refractivity contribution in [3.05, 3.63) is 6.20 Å². The van der Waals surface area contributed by atoms with E-state index < -0.39 is 0 Å². The summed E-state index contributed by atoms with van der Waals surface area (Å²) in [5, 5.41) is 0. The summed E-state index contributed by atoms with van der Waals surface area (Å²) in [6.07, 6.45) is 1.53. The normalized spacial score (nSPS) is 8.70. The Kier molecular flexibility index (Phi) is 1.80. The molecule has 4 nitrogen and oxygen atoms in total. The number of aromatic nitrogens is 2. The van der Waals surface area contributed by atoms with Crippen LogP contribution < -0.4 is 16.9 Å². The second-order valence-electron chi connectivity index (χ2n) is 1.77. The van der Waals surface area contributed by atoms with Gasteiger partial charge in [0.2, 0.25) is 0 Å². The second kappa shape index (κ2) is 2.60. The van der Waals surface area contributed by atoms with E-state index in [2.05, 4.69) is 17.3 Å². The zero-order chi connectivity index (χ0) is 7.56. The first kappa shape index (κ1) is 6.92. The SMILES string of the molecule is B=Bc1cnc(N)nc1N. The Morgan fingerprint density at radius 3 is 2.70 bits per heavy atom. The van der Waals surface area contributed by atoms with E-state index >= 15 is 0 Å². The monoisotopic (exact) mass is 132 g/mol. The van der Waals surface area contributed by atoms with Gasteiger partial charge in [0.15, 0.2) is 0 Å². The molecule has 1 heterocycles. The molecule has 6 heteroatoms. The summed E-state index contributed by atoms with van der Waals surface area (Å²) in [7, 11) is 3.52. The van der Waals surface area contributed by atoms with Gasteiger partial charge < -0.3 is 0 Å². The number of nitrogens with two attached hydrogens (primary N) is 2. The van der Waals surface area contributed by atoms with Gasteiger partial charge >= 0.3 is 59.0 Å². The summed E-state index contributed by atoms with van der Waals surface area (Å²) in [4.78, 5) is 7.44. The van der Waals surface area contributed by atoms with E-state index in [4.69, 9.17) is 11.5 Å². The number of nitrogen functional groups attached to an aromatic ring is 2. The molecule has 10 heavy (non-hydrogen) atoms. The summed E-state index contributed by atoms with van der Waals surface area (Å²) in [6.45, 7) is 1.58. The van der Waals surface area contributed by atoms with E-state index in [1.54, 1.807) is 6.80 Å². The minimum absolute atomic E-state index is 0.183. The van der Waals surface area contributed by atoms with Crippen molar-refractivity contribution in [3.8, 4) is 0 Å². The van der Waals surface area contributed by atoms with Gasteiger partial charge in [-0.3, -0.25) is 0 Å². The van der Waals surface area contributed by atoms with Gasteiger partial charge in [0.25, 0.3) is 0 Å². The quantitative estimate of drug-likeness (QED) is 0.424. The van der Waals surface area contributed by atoms with Crippen LogP contribution in [-0.2, 0) is 0 Å². The number of anilines is 2. The van der Waals surface area contributed by atoms with Crippen LogP contribution in [0.15, 0.2) is 6.20 Å². The predicted molar refractivity (Wildman–Crippen MR) is 43.4 cm³/mol. The molecule has 0 aliphatic heterocycles. The molecule has 0 fully saturated rings. The minimum atomic E-state index is 0.183. The molecule has 0 aliphatic rings. The average Bonchev–Trinajstić information content (AvgIpc) is 1.88. The third-order valence-electron chi connectivity index (χ3n) is 1.09. The molecule has 48 valence electrons. The number of rotatable bonds is 1. The molecule has 1 rings (SSSR count). The molecule has 0 aliphatic carbocycles. The number of hydrogen-bond donors (Lipinski definition) is 2. The Morgan fingerprint density at radius 2 is 2.20 bits per heavy atom. The zero-order valence-corrected chi connectivity index (χ0v) is 5.41. The fourth-order valence-electron chi connectivity index (χ4n) is 0.576. The van der Waals surface area contributed by atoms with Crippen LogP contribution in [-0.4, -0.2) is 24.1 Å². The number of nitrogens with zero attached hydrogens (tertiary/aromatic N) is 2. The zero-order valence-electron chi connectivity index (χ0n) is 5.41. The van der Waals surface area contributed by atoms with Gasteiger partial charge in [0, 0.05) is 0 Å². The summed E-state index contributed by atoms with van der Waals surface area (Å²) >= 11 is 0.